The van der Waals surface area contributed by atoms with Crippen molar-refractivity contribution >= 4 is 87.0 Å². The molecule has 0 bridgehead atoms. The third-order valence-electron chi connectivity index (χ3n) is 5.98. The van der Waals surface area contributed by atoms with Crippen LogP contribution in [0.3, 0.4) is 0 Å². The van der Waals surface area contributed by atoms with Gasteiger partial charge in [0, 0.05) is 0 Å². The molecule has 0 saturated carbocycles. The summed E-state index contributed by atoms with van der Waals surface area (Å²) in [5.74, 6) is -0.941. The molecule has 12 heteroatoms. The van der Waals surface area contributed by atoms with Gasteiger partial charge in [-0.05, 0) is 91.0 Å². The molecule has 3 heterocycles. The lowest BCUT2D eigenvalue weighted by molar-refractivity contribution is -0.116. The third kappa shape index (κ3) is 10.2. The highest BCUT2D eigenvalue weighted by Gasteiger charge is 2.26. The van der Waals surface area contributed by atoms with Gasteiger partial charge in [-0.3, -0.25) is 44.7 Å². The van der Waals surface area contributed by atoms with Gasteiger partial charge in [-0.15, -0.1) is 0 Å². The van der Waals surface area contributed by atoms with Gasteiger partial charge in [-0.25, -0.2) is 0 Å². The zero-order valence-corrected chi connectivity index (χ0v) is 26.8. The van der Waals surface area contributed by atoms with E-state index in [-0.39, 0.29) is 33.4 Å². The van der Waals surface area contributed by atoms with Crippen LogP contribution in [0.1, 0.15) is 33.4 Å². The number of aryl methyl sites for hydroxylation is 3. The molecule has 3 N–H and O–H groups in total. The second-order valence-corrected chi connectivity index (χ2v) is 12.8. The molecule has 3 aromatic rings. The standard InChI is InChI=1S/3C11H9NO2S/c1-7-2-4-8(5-3-7)6-9-10(13)12-11(14)15-9;2*1-7-3-2-4-8(5-7)6-9-10(13)12-11(14)15-9/h3*2-6H,1H3,(H,12,13,14)/b3*9-6-. The second-order valence-electron chi connectivity index (χ2n) is 9.80. The molecule has 0 aliphatic carbocycles. The zero-order chi connectivity index (χ0) is 32.5. The van der Waals surface area contributed by atoms with Gasteiger partial charge in [-0.1, -0.05) is 89.5 Å². The Morgan fingerprint density at radius 2 is 0.800 bits per heavy atom. The molecule has 0 radical (unpaired) electrons. The molecule has 3 fully saturated rings. The van der Waals surface area contributed by atoms with Gasteiger partial charge >= 0.3 is 0 Å². The van der Waals surface area contributed by atoms with Crippen LogP contribution in [0.4, 0.5) is 14.4 Å². The first-order valence-corrected chi connectivity index (χ1v) is 15.8. The van der Waals surface area contributed by atoms with Crippen LogP contribution in [-0.2, 0) is 14.4 Å². The fourth-order valence-corrected chi connectivity index (χ4v) is 5.95. The van der Waals surface area contributed by atoms with Gasteiger partial charge in [0.1, 0.15) is 0 Å². The highest BCUT2D eigenvalue weighted by Crippen LogP contribution is 2.27. The molecule has 0 spiro atoms. The maximum Gasteiger partial charge on any atom is 0.290 e. The number of imide groups is 3. The van der Waals surface area contributed by atoms with Gasteiger partial charge in [0.05, 0.1) is 14.7 Å². The van der Waals surface area contributed by atoms with Gasteiger partial charge in [0.2, 0.25) is 0 Å². The van der Waals surface area contributed by atoms with Crippen LogP contribution >= 0.6 is 35.3 Å². The Morgan fingerprint density at radius 3 is 1.11 bits per heavy atom. The number of rotatable bonds is 3. The van der Waals surface area contributed by atoms with E-state index in [1.165, 1.54) is 0 Å². The first-order chi connectivity index (χ1) is 21.4. The van der Waals surface area contributed by atoms with Crippen molar-refractivity contribution < 1.29 is 28.8 Å². The molecule has 3 saturated heterocycles. The van der Waals surface area contributed by atoms with E-state index in [0.717, 1.165) is 68.7 Å². The monoisotopic (exact) mass is 657 g/mol. The normalized spacial score (nSPS) is 18.3. The SMILES string of the molecule is Cc1ccc(/C=C2\SC(=O)NC2=O)cc1.Cc1cccc(/C=C2\SC(=O)NC2=O)c1.Cc1cccc(/C=C2\SC(=O)NC2=O)c1. The van der Waals surface area contributed by atoms with Crippen LogP contribution in [0, 0.1) is 20.8 Å². The largest absolute Gasteiger partial charge is 0.290 e. The number of carbonyl (C=O) groups excluding carboxylic acids is 6. The molecule has 9 nitrogen and oxygen atoms in total. The second kappa shape index (κ2) is 15.4. The Bertz CT molecular complexity index is 1710. The molecular weight excluding hydrogens is 631 g/mol. The molecule has 3 aliphatic heterocycles. The summed E-state index contributed by atoms with van der Waals surface area (Å²) in [7, 11) is 0. The molecule has 3 aromatic carbocycles. The van der Waals surface area contributed by atoms with Crippen LogP contribution in [0.15, 0.2) is 87.5 Å². The van der Waals surface area contributed by atoms with E-state index in [2.05, 4.69) is 16.0 Å². The molecule has 0 aromatic heterocycles. The van der Waals surface area contributed by atoms with Crippen molar-refractivity contribution in [2.75, 3.05) is 0 Å². The van der Waals surface area contributed by atoms with Crippen LogP contribution in [0.2, 0.25) is 0 Å². The summed E-state index contributed by atoms with van der Waals surface area (Å²) in [6.45, 7) is 5.96. The Morgan fingerprint density at radius 1 is 0.444 bits per heavy atom. The van der Waals surface area contributed by atoms with E-state index in [4.69, 9.17) is 0 Å². The topological polar surface area (TPSA) is 139 Å². The highest BCUT2D eigenvalue weighted by molar-refractivity contribution is 8.19. The van der Waals surface area contributed by atoms with Crippen LogP contribution in [0.25, 0.3) is 18.2 Å². The molecule has 3 aliphatic rings. The van der Waals surface area contributed by atoms with Crippen molar-refractivity contribution in [3.8, 4) is 0 Å². The number of nitrogens with one attached hydrogen (secondary N) is 3. The number of carbonyl (C=O) groups is 6. The fourth-order valence-electron chi connectivity index (χ4n) is 3.90. The summed E-state index contributed by atoms with van der Waals surface area (Å²) in [5, 5.41) is 5.73. The van der Waals surface area contributed by atoms with Crippen LogP contribution in [-0.4, -0.2) is 33.4 Å². The third-order valence-corrected chi connectivity index (χ3v) is 8.41. The summed E-state index contributed by atoms with van der Waals surface area (Å²) in [6.07, 6.45) is 5.15. The lowest BCUT2D eigenvalue weighted by Crippen LogP contribution is -2.17. The van der Waals surface area contributed by atoms with E-state index in [1.807, 2.05) is 93.6 Å². The minimum absolute atomic E-state index is 0.307. The number of amides is 6. The van der Waals surface area contributed by atoms with Crippen LogP contribution < -0.4 is 16.0 Å². The Balaban J connectivity index is 0.000000154. The quantitative estimate of drug-likeness (QED) is 0.255. The average molecular weight is 658 g/mol. The van der Waals surface area contributed by atoms with Gasteiger partial charge in [0.25, 0.3) is 33.4 Å². The Labute approximate surface area is 272 Å². The Hall–Kier alpha value is -4.65. The van der Waals surface area contributed by atoms with Gasteiger partial charge in [-0.2, -0.15) is 0 Å². The first-order valence-electron chi connectivity index (χ1n) is 13.4. The van der Waals surface area contributed by atoms with Crippen molar-refractivity contribution in [1.29, 1.82) is 0 Å². The van der Waals surface area contributed by atoms with E-state index < -0.39 is 0 Å². The van der Waals surface area contributed by atoms with Crippen molar-refractivity contribution in [1.82, 2.24) is 16.0 Å². The summed E-state index contributed by atoms with van der Waals surface area (Å²) in [6, 6.07) is 23.3. The van der Waals surface area contributed by atoms with E-state index in [1.54, 1.807) is 18.2 Å². The molecular formula is C33H27N3O6S3. The van der Waals surface area contributed by atoms with Crippen molar-refractivity contribution in [3.63, 3.8) is 0 Å². The summed E-state index contributed by atoms with van der Waals surface area (Å²) >= 11 is 2.81. The van der Waals surface area contributed by atoms with E-state index >= 15 is 0 Å². The minimum atomic E-state index is -0.314. The molecule has 6 rings (SSSR count). The predicted octanol–water partition coefficient (Wildman–Crippen LogP) is 6.96. The minimum Gasteiger partial charge on any atom is -0.282 e. The van der Waals surface area contributed by atoms with Crippen molar-refractivity contribution in [2.24, 2.45) is 0 Å². The maximum absolute atomic E-state index is 11.3. The predicted molar refractivity (Wildman–Crippen MR) is 181 cm³/mol. The smallest absolute Gasteiger partial charge is 0.282 e. The first kappa shape index (κ1) is 33.2. The number of hydrogen-bond acceptors (Lipinski definition) is 9. The molecule has 45 heavy (non-hydrogen) atoms. The average Bonchev–Trinajstić information content (AvgIpc) is 3.59. The van der Waals surface area contributed by atoms with E-state index in [0.29, 0.717) is 14.7 Å². The molecule has 228 valence electrons. The van der Waals surface area contributed by atoms with Crippen molar-refractivity contribution in [2.45, 2.75) is 20.8 Å². The fraction of sp³-hybridized carbons (Fsp3) is 0.0909. The summed E-state index contributed by atoms with van der Waals surface area (Å²) in [5.41, 5.74) is 6.20. The van der Waals surface area contributed by atoms with Crippen molar-refractivity contribution in [3.05, 3.63) is 121 Å². The lowest BCUT2D eigenvalue weighted by Gasteiger charge is -1.96. The van der Waals surface area contributed by atoms with Gasteiger partial charge < -0.3 is 0 Å². The maximum atomic E-state index is 11.3. The molecule has 0 unspecified atom stereocenters. The van der Waals surface area contributed by atoms with Gasteiger partial charge in [0.15, 0.2) is 0 Å². The lowest BCUT2D eigenvalue weighted by atomic mass is 10.1. The van der Waals surface area contributed by atoms with E-state index in [9.17, 15) is 28.8 Å². The Kier molecular flexibility index (Phi) is 11.4. The zero-order valence-electron chi connectivity index (χ0n) is 24.3. The molecule has 0 atom stereocenters. The summed E-state index contributed by atoms with van der Waals surface area (Å²) in [4.78, 5) is 67.8. The molecule has 6 amide bonds. The number of thioether (sulfide) groups is 3. The number of benzene rings is 3. The summed E-state index contributed by atoms with van der Waals surface area (Å²) < 4.78 is 0. The van der Waals surface area contributed by atoms with Crippen LogP contribution in [0.5, 0.6) is 0 Å². The highest BCUT2D eigenvalue weighted by atomic mass is 32.2. The number of hydrogen-bond donors (Lipinski definition) is 3.